The molecule has 6 heteroatoms. The molecular weight excluding hydrogens is 330 g/mol. The molecule has 98 valence electrons. The number of nitrogens with zero attached hydrogens (tertiary/aromatic N) is 1. The zero-order valence-electron chi connectivity index (χ0n) is 9.86. The molecule has 0 saturated heterocycles. The van der Waals surface area contributed by atoms with Gasteiger partial charge in [-0.3, -0.25) is 4.79 Å². The smallest absolute Gasteiger partial charge is 0.243 e. The Kier molecular flexibility index (Phi) is 4.76. The van der Waals surface area contributed by atoms with E-state index in [1.54, 1.807) is 36.5 Å². The number of nitrogens with one attached hydrogen (secondary N) is 2. The van der Waals surface area contributed by atoms with Crippen molar-refractivity contribution < 1.29 is 4.79 Å². The van der Waals surface area contributed by atoms with Crippen molar-refractivity contribution in [3.8, 4) is 0 Å². The van der Waals surface area contributed by atoms with Crippen LogP contribution in [-0.2, 0) is 4.79 Å². The van der Waals surface area contributed by atoms with Crippen LogP contribution in [-0.4, -0.2) is 17.4 Å². The summed E-state index contributed by atoms with van der Waals surface area (Å²) >= 11 is 9.06. The zero-order valence-corrected chi connectivity index (χ0v) is 12.2. The van der Waals surface area contributed by atoms with Gasteiger partial charge in [0.15, 0.2) is 0 Å². The summed E-state index contributed by atoms with van der Waals surface area (Å²) in [6, 6.07) is 10.6. The fraction of sp³-hybridized carbons (Fsp3) is 0.0769. The highest BCUT2D eigenvalue weighted by atomic mass is 79.9. The van der Waals surface area contributed by atoms with Gasteiger partial charge in [-0.2, -0.15) is 0 Å². The molecule has 1 heterocycles. The highest BCUT2D eigenvalue weighted by molar-refractivity contribution is 9.10. The Bertz CT molecular complexity index is 557. The Morgan fingerprint density at radius 3 is 2.58 bits per heavy atom. The topological polar surface area (TPSA) is 54.0 Å². The molecule has 2 N–H and O–H groups in total. The van der Waals surface area contributed by atoms with Crippen molar-refractivity contribution in [2.24, 2.45) is 0 Å². The summed E-state index contributed by atoms with van der Waals surface area (Å²) < 4.78 is 0.892. The average molecular weight is 341 g/mol. The first-order valence-electron chi connectivity index (χ1n) is 5.54. The molecule has 1 aromatic carbocycles. The molecule has 0 aliphatic heterocycles. The van der Waals surface area contributed by atoms with Crippen LogP contribution in [0.1, 0.15) is 0 Å². The fourth-order valence-corrected chi connectivity index (χ4v) is 1.75. The number of carbonyl (C=O) groups is 1. The molecule has 0 aliphatic rings. The van der Waals surface area contributed by atoms with Gasteiger partial charge in [0.1, 0.15) is 5.82 Å². The van der Waals surface area contributed by atoms with Gasteiger partial charge in [0.25, 0.3) is 0 Å². The number of hydrogen-bond donors (Lipinski definition) is 2. The number of pyridine rings is 1. The van der Waals surface area contributed by atoms with Crippen LogP contribution in [0.2, 0.25) is 5.02 Å². The summed E-state index contributed by atoms with van der Waals surface area (Å²) in [6.07, 6.45) is 1.67. The number of aromatic nitrogens is 1. The maximum atomic E-state index is 11.7. The number of anilines is 2. The van der Waals surface area contributed by atoms with Gasteiger partial charge in [-0.1, -0.05) is 11.6 Å². The molecule has 4 nitrogen and oxygen atoms in total. The molecule has 0 saturated carbocycles. The number of amides is 1. The predicted octanol–water partition coefficient (Wildman–Crippen LogP) is 3.55. The average Bonchev–Trinajstić information content (AvgIpc) is 2.41. The van der Waals surface area contributed by atoms with Crippen molar-refractivity contribution in [2.45, 2.75) is 0 Å². The van der Waals surface area contributed by atoms with Crippen LogP contribution in [0.25, 0.3) is 0 Å². The van der Waals surface area contributed by atoms with E-state index >= 15 is 0 Å². The second-order valence-corrected chi connectivity index (χ2v) is 5.12. The fourth-order valence-electron chi connectivity index (χ4n) is 1.39. The molecule has 1 aromatic heterocycles. The quantitative estimate of drug-likeness (QED) is 0.895. The molecule has 0 fully saturated rings. The van der Waals surface area contributed by atoms with E-state index in [0.717, 1.165) is 4.47 Å². The summed E-state index contributed by atoms with van der Waals surface area (Å²) in [5, 5.41) is 6.32. The molecule has 2 rings (SSSR count). The zero-order chi connectivity index (χ0) is 13.7. The number of benzene rings is 1. The first-order valence-corrected chi connectivity index (χ1v) is 6.71. The Hall–Kier alpha value is -1.59. The van der Waals surface area contributed by atoms with Gasteiger partial charge in [-0.25, -0.2) is 4.98 Å². The molecule has 2 aromatic rings. The Balaban J connectivity index is 1.84. The molecule has 0 bridgehead atoms. The summed E-state index contributed by atoms with van der Waals surface area (Å²) in [6.45, 7) is 0.150. The van der Waals surface area contributed by atoms with E-state index in [1.807, 2.05) is 6.07 Å². The van der Waals surface area contributed by atoms with Crippen LogP contribution in [0, 0.1) is 0 Å². The van der Waals surface area contributed by atoms with Crippen molar-refractivity contribution >= 4 is 44.9 Å². The minimum absolute atomic E-state index is 0.146. The van der Waals surface area contributed by atoms with Crippen LogP contribution >= 0.6 is 27.5 Å². The van der Waals surface area contributed by atoms with E-state index in [0.29, 0.717) is 16.5 Å². The number of halogens is 2. The van der Waals surface area contributed by atoms with E-state index in [-0.39, 0.29) is 12.5 Å². The van der Waals surface area contributed by atoms with Crippen LogP contribution in [0.4, 0.5) is 11.5 Å². The second-order valence-electron chi connectivity index (χ2n) is 3.77. The summed E-state index contributed by atoms with van der Waals surface area (Å²) in [7, 11) is 0. The van der Waals surface area contributed by atoms with E-state index in [2.05, 4.69) is 31.5 Å². The monoisotopic (exact) mass is 339 g/mol. The largest absolute Gasteiger partial charge is 0.361 e. The Labute approximate surface area is 124 Å². The molecule has 0 atom stereocenters. The van der Waals surface area contributed by atoms with E-state index in [9.17, 15) is 4.79 Å². The molecule has 0 aliphatic carbocycles. The lowest BCUT2D eigenvalue weighted by atomic mass is 10.3. The minimum Gasteiger partial charge on any atom is -0.361 e. The summed E-state index contributed by atoms with van der Waals surface area (Å²) in [5.41, 5.74) is 0.708. The van der Waals surface area contributed by atoms with Gasteiger partial charge in [-0.15, -0.1) is 0 Å². The van der Waals surface area contributed by atoms with Crippen molar-refractivity contribution in [2.75, 3.05) is 17.2 Å². The lowest BCUT2D eigenvalue weighted by Gasteiger charge is -2.07. The van der Waals surface area contributed by atoms with E-state index < -0.39 is 0 Å². The van der Waals surface area contributed by atoms with Gasteiger partial charge in [0.05, 0.1) is 6.54 Å². The number of carbonyl (C=O) groups excluding carboxylic acids is 1. The van der Waals surface area contributed by atoms with Gasteiger partial charge < -0.3 is 10.6 Å². The van der Waals surface area contributed by atoms with Gasteiger partial charge in [-0.05, 0) is 52.3 Å². The molecule has 0 radical (unpaired) electrons. The Morgan fingerprint density at radius 1 is 1.21 bits per heavy atom. The summed E-state index contributed by atoms with van der Waals surface area (Å²) in [4.78, 5) is 15.8. The van der Waals surface area contributed by atoms with Crippen molar-refractivity contribution in [1.29, 1.82) is 0 Å². The lowest BCUT2D eigenvalue weighted by Crippen LogP contribution is -2.22. The van der Waals surface area contributed by atoms with Crippen molar-refractivity contribution in [3.63, 3.8) is 0 Å². The number of hydrogen-bond acceptors (Lipinski definition) is 3. The van der Waals surface area contributed by atoms with Gasteiger partial charge in [0.2, 0.25) is 5.91 Å². The molecule has 19 heavy (non-hydrogen) atoms. The molecule has 0 spiro atoms. The third-order valence-corrected chi connectivity index (χ3v) is 3.01. The predicted molar refractivity (Wildman–Crippen MR) is 80.5 cm³/mol. The first-order chi connectivity index (χ1) is 9.13. The van der Waals surface area contributed by atoms with Crippen molar-refractivity contribution in [1.82, 2.24) is 4.98 Å². The molecule has 0 unspecified atom stereocenters. The first kappa shape index (κ1) is 13.8. The molecule has 1 amide bonds. The van der Waals surface area contributed by atoms with Crippen LogP contribution in [0.5, 0.6) is 0 Å². The number of rotatable bonds is 4. The lowest BCUT2D eigenvalue weighted by molar-refractivity contribution is -0.114. The SMILES string of the molecule is O=C(CNc1ccc(Br)cn1)Nc1ccc(Cl)cc1. The normalized spacial score (nSPS) is 10.0. The highest BCUT2D eigenvalue weighted by Gasteiger charge is 2.02. The van der Waals surface area contributed by atoms with E-state index in [4.69, 9.17) is 11.6 Å². The molecular formula is C13H11BrClN3O. The standard InChI is InChI=1S/C13H11BrClN3O/c14-9-1-6-12(16-7-9)17-8-13(19)18-11-4-2-10(15)3-5-11/h1-7H,8H2,(H,16,17)(H,18,19). The maximum absolute atomic E-state index is 11.7. The van der Waals surface area contributed by atoms with Crippen molar-refractivity contribution in [3.05, 3.63) is 52.1 Å². The Morgan fingerprint density at radius 2 is 1.95 bits per heavy atom. The third-order valence-electron chi connectivity index (χ3n) is 2.29. The highest BCUT2D eigenvalue weighted by Crippen LogP contribution is 2.13. The minimum atomic E-state index is -0.146. The van der Waals surface area contributed by atoms with Crippen LogP contribution in [0.15, 0.2) is 47.1 Å². The summed E-state index contributed by atoms with van der Waals surface area (Å²) in [5.74, 6) is 0.501. The third kappa shape index (κ3) is 4.54. The second kappa shape index (κ2) is 6.54. The maximum Gasteiger partial charge on any atom is 0.243 e. The van der Waals surface area contributed by atoms with Gasteiger partial charge in [0, 0.05) is 21.4 Å². The van der Waals surface area contributed by atoms with Gasteiger partial charge >= 0.3 is 0 Å². The van der Waals surface area contributed by atoms with Crippen LogP contribution in [0.3, 0.4) is 0 Å². The van der Waals surface area contributed by atoms with E-state index in [1.165, 1.54) is 0 Å². The van der Waals surface area contributed by atoms with Crippen LogP contribution < -0.4 is 10.6 Å².